The summed E-state index contributed by atoms with van der Waals surface area (Å²) in [5.74, 6) is 0. The van der Waals surface area contributed by atoms with Crippen molar-refractivity contribution in [3.05, 3.63) is 24.4 Å². The molecule has 0 aliphatic carbocycles. The van der Waals surface area contributed by atoms with Crippen molar-refractivity contribution >= 4 is 0 Å². The molecule has 0 bridgehead atoms. The first-order valence-corrected chi connectivity index (χ1v) is 3.14. The zero-order valence-electron chi connectivity index (χ0n) is 6.46. The summed E-state index contributed by atoms with van der Waals surface area (Å²) in [6, 6.07) is 2.20. The molecule has 0 amide bonds. The predicted molar refractivity (Wildman–Crippen MR) is 45.3 cm³/mol. The van der Waals surface area contributed by atoms with E-state index in [0.29, 0.717) is 5.57 Å². The number of aliphatic hydroxyl groups is 1. The Hall–Kier alpha value is -1.24. The van der Waals surface area contributed by atoms with E-state index in [9.17, 15) is 0 Å². The lowest BCUT2D eigenvalue weighted by Crippen LogP contribution is -2.25. The summed E-state index contributed by atoms with van der Waals surface area (Å²) >= 11 is 0. The van der Waals surface area contributed by atoms with Gasteiger partial charge in [-0.15, -0.1) is 0 Å². The lowest BCUT2D eigenvalue weighted by molar-refractivity contribution is 0.187. The number of aliphatic hydroxyl groups excluding tert-OH is 1. The van der Waals surface area contributed by atoms with Gasteiger partial charge in [0, 0.05) is 12.2 Å². The van der Waals surface area contributed by atoms with Crippen LogP contribution in [0.4, 0.5) is 0 Å². The molecule has 11 heavy (non-hydrogen) atoms. The Bertz CT molecular complexity index is 191. The van der Waals surface area contributed by atoms with Gasteiger partial charge in [-0.3, -0.25) is 5.32 Å². The van der Waals surface area contributed by atoms with Crippen molar-refractivity contribution in [1.82, 2.24) is 10.6 Å². The van der Waals surface area contributed by atoms with E-state index in [1.54, 1.807) is 13.1 Å². The molecular weight excluding hydrogens is 140 g/mol. The minimum absolute atomic E-state index is 0.551. The van der Waals surface area contributed by atoms with Crippen LogP contribution in [0.25, 0.3) is 0 Å². The second kappa shape index (κ2) is 5.54. The molecular formula is C8H12N2O. The normalized spacial score (nSPS) is 12.5. The quantitative estimate of drug-likeness (QED) is 0.226. The lowest BCUT2D eigenvalue weighted by Gasteiger charge is -2.07. The SMILES string of the molecule is C#CN/C=C\C(=C)C(O)NC. The van der Waals surface area contributed by atoms with Crippen LogP contribution in [-0.2, 0) is 0 Å². The van der Waals surface area contributed by atoms with Gasteiger partial charge in [0.15, 0.2) is 0 Å². The van der Waals surface area contributed by atoms with Crippen LogP contribution in [0, 0.1) is 12.5 Å². The first kappa shape index (κ1) is 9.76. The van der Waals surface area contributed by atoms with Gasteiger partial charge in [-0.25, -0.2) is 0 Å². The van der Waals surface area contributed by atoms with Crippen LogP contribution in [0.3, 0.4) is 0 Å². The van der Waals surface area contributed by atoms with E-state index in [-0.39, 0.29) is 0 Å². The van der Waals surface area contributed by atoms with E-state index in [0.717, 1.165) is 0 Å². The summed E-state index contributed by atoms with van der Waals surface area (Å²) in [4.78, 5) is 0. The first-order valence-electron chi connectivity index (χ1n) is 3.14. The van der Waals surface area contributed by atoms with E-state index in [2.05, 4.69) is 23.3 Å². The third-order valence-corrected chi connectivity index (χ3v) is 1.09. The largest absolute Gasteiger partial charge is 0.374 e. The summed E-state index contributed by atoms with van der Waals surface area (Å²) in [7, 11) is 1.64. The van der Waals surface area contributed by atoms with Crippen molar-refractivity contribution in [3.63, 3.8) is 0 Å². The highest BCUT2D eigenvalue weighted by Gasteiger charge is 1.99. The summed E-state index contributed by atoms with van der Waals surface area (Å²) in [6.07, 6.45) is 7.32. The number of terminal acetylenes is 1. The highest BCUT2D eigenvalue weighted by Crippen LogP contribution is 1.95. The molecule has 0 aromatic rings. The van der Waals surface area contributed by atoms with Gasteiger partial charge in [0.05, 0.1) is 0 Å². The van der Waals surface area contributed by atoms with Gasteiger partial charge in [0.1, 0.15) is 6.23 Å². The molecule has 1 unspecified atom stereocenters. The third-order valence-electron chi connectivity index (χ3n) is 1.09. The van der Waals surface area contributed by atoms with E-state index < -0.39 is 6.23 Å². The van der Waals surface area contributed by atoms with Crippen molar-refractivity contribution in [1.29, 1.82) is 0 Å². The molecule has 0 saturated heterocycles. The number of likely N-dealkylation sites (N-methyl/N-ethyl adjacent to an activating group) is 1. The fourth-order valence-electron chi connectivity index (χ4n) is 0.473. The molecule has 3 N–H and O–H groups in total. The average molecular weight is 152 g/mol. The van der Waals surface area contributed by atoms with Crippen molar-refractivity contribution < 1.29 is 5.11 Å². The topological polar surface area (TPSA) is 44.3 Å². The molecule has 0 fully saturated rings. The van der Waals surface area contributed by atoms with Crippen LogP contribution < -0.4 is 10.6 Å². The zero-order chi connectivity index (χ0) is 8.69. The maximum Gasteiger partial charge on any atom is 0.130 e. The second-order valence-electron chi connectivity index (χ2n) is 1.89. The van der Waals surface area contributed by atoms with Gasteiger partial charge >= 0.3 is 0 Å². The molecule has 0 aliphatic heterocycles. The van der Waals surface area contributed by atoms with E-state index in [4.69, 9.17) is 11.5 Å². The summed E-state index contributed by atoms with van der Waals surface area (Å²) in [6.45, 7) is 3.59. The Morgan fingerprint density at radius 3 is 2.91 bits per heavy atom. The number of hydrogen-bond acceptors (Lipinski definition) is 3. The van der Waals surface area contributed by atoms with Gasteiger partial charge in [0.25, 0.3) is 0 Å². The first-order chi connectivity index (χ1) is 5.22. The maximum atomic E-state index is 9.08. The van der Waals surface area contributed by atoms with Crippen LogP contribution >= 0.6 is 0 Å². The smallest absolute Gasteiger partial charge is 0.130 e. The molecule has 0 aromatic carbocycles. The fourth-order valence-corrected chi connectivity index (χ4v) is 0.473. The molecule has 3 nitrogen and oxygen atoms in total. The molecule has 1 atom stereocenters. The molecule has 60 valence electrons. The molecule has 0 radical (unpaired) electrons. The van der Waals surface area contributed by atoms with Crippen molar-refractivity contribution in [3.8, 4) is 12.5 Å². The fraction of sp³-hybridized carbons (Fsp3) is 0.250. The van der Waals surface area contributed by atoms with Crippen molar-refractivity contribution in [2.24, 2.45) is 0 Å². The summed E-state index contributed by atoms with van der Waals surface area (Å²) in [5, 5.41) is 14.2. The van der Waals surface area contributed by atoms with Gasteiger partial charge in [-0.2, -0.15) is 0 Å². The molecule has 0 aliphatic rings. The van der Waals surface area contributed by atoms with Crippen LogP contribution in [0.5, 0.6) is 0 Å². The second-order valence-corrected chi connectivity index (χ2v) is 1.89. The highest BCUT2D eigenvalue weighted by molar-refractivity contribution is 5.18. The van der Waals surface area contributed by atoms with Gasteiger partial charge in [-0.1, -0.05) is 13.0 Å². The number of hydrogen-bond donors (Lipinski definition) is 3. The molecule has 0 saturated carbocycles. The van der Waals surface area contributed by atoms with Crippen LogP contribution in [-0.4, -0.2) is 18.4 Å². The summed E-state index contributed by atoms with van der Waals surface area (Å²) < 4.78 is 0. The predicted octanol–water partition coefficient (Wildman–Crippen LogP) is -0.226. The van der Waals surface area contributed by atoms with Crippen LogP contribution in [0.15, 0.2) is 24.4 Å². The molecule has 0 heterocycles. The zero-order valence-corrected chi connectivity index (χ0v) is 6.46. The van der Waals surface area contributed by atoms with Gasteiger partial charge in [-0.05, 0) is 18.7 Å². The maximum absolute atomic E-state index is 9.08. The minimum Gasteiger partial charge on any atom is -0.374 e. The Morgan fingerprint density at radius 1 is 1.82 bits per heavy atom. The van der Waals surface area contributed by atoms with E-state index >= 15 is 0 Å². The van der Waals surface area contributed by atoms with Crippen LogP contribution in [0.1, 0.15) is 0 Å². The van der Waals surface area contributed by atoms with E-state index in [1.807, 2.05) is 0 Å². The van der Waals surface area contributed by atoms with Crippen molar-refractivity contribution in [2.75, 3.05) is 7.05 Å². The third kappa shape index (κ3) is 4.20. The average Bonchev–Trinajstić information content (AvgIpc) is 2.03. The van der Waals surface area contributed by atoms with Gasteiger partial charge in [0.2, 0.25) is 0 Å². The molecule has 0 spiro atoms. The summed E-state index contributed by atoms with van der Waals surface area (Å²) in [5.41, 5.74) is 0.551. The molecule has 0 aromatic heterocycles. The Labute approximate surface area is 66.8 Å². The Kier molecular flexibility index (Phi) is 4.91. The molecule has 3 heteroatoms. The Balaban J connectivity index is 3.78. The Morgan fingerprint density at radius 2 is 2.45 bits per heavy atom. The molecule has 0 rings (SSSR count). The van der Waals surface area contributed by atoms with Crippen molar-refractivity contribution in [2.45, 2.75) is 6.23 Å². The van der Waals surface area contributed by atoms with E-state index in [1.165, 1.54) is 6.20 Å². The lowest BCUT2D eigenvalue weighted by atomic mass is 10.2. The number of rotatable bonds is 4. The highest BCUT2D eigenvalue weighted by atomic mass is 16.3. The minimum atomic E-state index is -0.717. The monoisotopic (exact) mass is 152 g/mol. The number of nitrogens with one attached hydrogen (secondary N) is 2. The van der Waals surface area contributed by atoms with Gasteiger partial charge < -0.3 is 10.4 Å². The standard InChI is InChI=1S/C8H12N2O/c1-4-10-6-5-7(2)8(11)9-3/h1,5-6,8-11H,2H2,3H3/b6-5-. The van der Waals surface area contributed by atoms with Crippen LogP contribution in [0.2, 0.25) is 0 Å².